The Morgan fingerprint density at radius 3 is 2.55 bits per heavy atom. The number of methoxy groups -OCH3 is 1. The maximum absolute atomic E-state index is 13.4. The summed E-state index contributed by atoms with van der Waals surface area (Å²) in [6.07, 6.45) is 1.80. The van der Waals surface area contributed by atoms with Crippen LogP contribution in [0, 0.1) is 0 Å². The van der Waals surface area contributed by atoms with E-state index in [1.807, 2.05) is 6.92 Å². The Balaban J connectivity index is 1.10. The van der Waals surface area contributed by atoms with Gasteiger partial charge in [0.25, 0.3) is 5.56 Å². The number of ketones is 1. The molecule has 1 aromatic carbocycles. The molecule has 51 heavy (non-hydrogen) atoms. The van der Waals surface area contributed by atoms with E-state index in [1.54, 1.807) is 50.0 Å². The number of likely N-dealkylation sites (N-methyl/N-ethyl adjacent to an activating group) is 1. The number of nitrogen functional groups attached to an aromatic ring is 1. The first-order valence-corrected chi connectivity index (χ1v) is 16.8. The van der Waals surface area contributed by atoms with E-state index in [1.165, 1.54) is 16.2 Å². The van der Waals surface area contributed by atoms with Gasteiger partial charge in [0.2, 0.25) is 17.6 Å². The van der Waals surface area contributed by atoms with Gasteiger partial charge in [-0.15, -0.1) is 0 Å². The van der Waals surface area contributed by atoms with Crippen LogP contribution in [0.5, 0.6) is 11.5 Å². The highest BCUT2D eigenvalue weighted by Crippen LogP contribution is 2.32. The van der Waals surface area contributed by atoms with Crippen molar-refractivity contribution in [3.8, 4) is 11.5 Å². The molecule has 1 amide bonds. The van der Waals surface area contributed by atoms with Crippen molar-refractivity contribution >= 4 is 45.8 Å². The number of imidazole rings is 2. The van der Waals surface area contributed by atoms with Gasteiger partial charge in [-0.1, -0.05) is 6.07 Å². The molecule has 1 saturated heterocycles. The summed E-state index contributed by atoms with van der Waals surface area (Å²) in [5.74, 6) is 0.952. The Morgan fingerprint density at radius 1 is 1.04 bits per heavy atom. The molecule has 0 bridgehead atoms. The van der Waals surface area contributed by atoms with Crippen LogP contribution in [0.15, 0.2) is 34.1 Å². The summed E-state index contributed by atoms with van der Waals surface area (Å²) in [7, 11) is 3.10. The van der Waals surface area contributed by atoms with E-state index in [9.17, 15) is 19.2 Å². The smallest absolute Gasteiger partial charge is 0.332 e. The molecule has 1 aliphatic rings. The monoisotopic (exact) mass is 703 g/mol. The van der Waals surface area contributed by atoms with Crippen molar-refractivity contribution in [1.82, 2.24) is 43.5 Å². The molecule has 5 aromatic rings. The highest BCUT2D eigenvalue weighted by molar-refractivity contribution is 5.97. The van der Waals surface area contributed by atoms with E-state index >= 15 is 0 Å². The molecule has 1 aliphatic heterocycles. The maximum Gasteiger partial charge on any atom is 0.332 e. The second kappa shape index (κ2) is 14.6. The minimum atomic E-state index is -0.543. The number of amides is 1. The molecule has 18 heteroatoms. The lowest BCUT2D eigenvalue weighted by Gasteiger charge is -2.15. The average molecular weight is 704 g/mol. The van der Waals surface area contributed by atoms with Crippen LogP contribution in [0.25, 0.3) is 22.3 Å². The van der Waals surface area contributed by atoms with Crippen LogP contribution in [0.4, 0.5) is 11.8 Å². The minimum absolute atomic E-state index is 0.0238. The summed E-state index contributed by atoms with van der Waals surface area (Å²) >= 11 is 0. The molecule has 6 rings (SSSR count). The van der Waals surface area contributed by atoms with Crippen molar-refractivity contribution in [2.75, 3.05) is 37.9 Å². The van der Waals surface area contributed by atoms with Crippen molar-refractivity contribution in [3.63, 3.8) is 0 Å². The number of rotatable bonds is 14. The summed E-state index contributed by atoms with van der Waals surface area (Å²) in [6, 6.07) is 5.16. The first-order valence-electron chi connectivity index (χ1n) is 16.8. The molecular formula is C33H41N11O7. The number of carbonyl (C=O) groups is 2. The van der Waals surface area contributed by atoms with Gasteiger partial charge in [-0.3, -0.25) is 28.1 Å². The van der Waals surface area contributed by atoms with Gasteiger partial charge in [0, 0.05) is 33.1 Å². The first-order chi connectivity index (χ1) is 24.6. The topological polar surface area (TPSA) is 217 Å². The molecule has 0 saturated carbocycles. The number of aromatic nitrogens is 8. The molecule has 1 fully saturated rings. The number of nitrogens with zero attached hydrogens (tertiary/aromatic N) is 8. The quantitative estimate of drug-likeness (QED) is 0.110. The fraction of sp³-hybridized carbons (Fsp3) is 0.455. The predicted molar refractivity (Wildman–Crippen MR) is 187 cm³/mol. The third kappa shape index (κ3) is 6.61. The number of benzene rings is 1. The third-order valence-corrected chi connectivity index (χ3v) is 8.76. The van der Waals surface area contributed by atoms with Gasteiger partial charge in [0.1, 0.15) is 24.5 Å². The van der Waals surface area contributed by atoms with Gasteiger partial charge >= 0.3 is 5.69 Å². The number of aryl methyl sites for hydroxylation is 2. The first kappa shape index (κ1) is 35.1. The zero-order valence-corrected chi connectivity index (χ0v) is 29.1. The van der Waals surface area contributed by atoms with E-state index in [2.05, 4.69) is 30.6 Å². The van der Waals surface area contributed by atoms with Crippen molar-refractivity contribution in [1.29, 1.82) is 0 Å². The Labute approximate surface area is 291 Å². The molecule has 4 aromatic heterocycles. The zero-order valence-electron chi connectivity index (χ0n) is 29.1. The lowest BCUT2D eigenvalue weighted by atomic mass is 10.1. The van der Waals surface area contributed by atoms with E-state index < -0.39 is 23.6 Å². The van der Waals surface area contributed by atoms with E-state index in [0.29, 0.717) is 60.7 Å². The Kier molecular flexibility index (Phi) is 10.0. The van der Waals surface area contributed by atoms with Crippen LogP contribution < -0.4 is 37.1 Å². The maximum atomic E-state index is 13.4. The molecule has 5 heterocycles. The highest BCUT2D eigenvalue weighted by Gasteiger charge is 2.33. The van der Waals surface area contributed by atoms with Crippen LogP contribution in [-0.4, -0.2) is 82.8 Å². The van der Waals surface area contributed by atoms with Gasteiger partial charge in [0.05, 0.1) is 20.0 Å². The normalized spacial score (nSPS) is 15.8. The minimum Gasteiger partial charge on any atom is -0.493 e. The SMILES string of the molecule is CCNC(=O)C1CCC(n2cnc3c(N)nc(NCCOc4ccc(CC(=O)c5nc6c(c(=O)n(CC)c(=O)n6CC)n5C)cc4OC)nc32)O1. The molecular weight excluding hydrogens is 662 g/mol. The lowest BCUT2D eigenvalue weighted by Crippen LogP contribution is -2.39. The molecule has 18 nitrogen and oxygen atoms in total. The molecule has 0 aliphatic carbocycles. The molecule has 0 radical (unpaired) electrons. The van der Waals surface area contributed by atoms with E-state index in [0.717, 1.165) is 4.57 Å². The Morgan fingerprint density at radius 2 is 1.82 bits per heavy atom. The highest BCUT2D eigenvalue weighted by atomic mass is 16.5. The van der Waals surface area contributed by atoms with Crippen molar-refractivity contribution in [2.45, 2.75) is 65.5 Å². The summed E-state index contributed by atoms with van der Waals surface area (Å²) in [5.41, 5.74) is 7.19. The number of fused-ring (bicyclic) bond motifs is 2. The Hall–Kier alpha value is -5.78. The van der Waals surface area contributed by atoms with Gasteiger partial charge in [-0.05, 0) is 51.3 Å². The third-order valence-electron chi connectivity index (χ3n) is 8.76. The number of hydrogen-bond donors (Lipinski definition) is 3. The van der Waals surface area contributed by atoms with Crippen LogP contribution in [0.2, 0.25) is 0 Å². The summed E-state index contributed by atoms with van der Waals surface area (Å²) in [4.78, 5) is 69.2. The van der Waals surface area contributed by atoms with E-state index in [4.69, 9.17) is 19.9 Å². The van der Waals surface area contributed by atoms with Crippen molar-refractivity contribution in [2.24, 2.45) is 7.05 Å². The second-order valence-electron chi connectivity index (χ2n) is 11.9. The number of hydrogen-bond acceptors (Lipinski definition) is 13. The molecule has 2 atom stereocenters. The van der Waals surface area contributed by atoms with Gasteiger partial charge in [0.15, 0.2) is 40.0 Å². The van der Waals surface area contributed by atoms with Crippen molar-refractivity contribution < 1.29 is 23.8 Å². The van der Waals surface area contributed by atoms with Gasteiger partial charge in [-0.25, -0.2) is 14.8 Å². The largest absolute Gasteiger partial charge is 0.493 e. The number of anilines is 2. The summed E-state index contributed by atoms with van der Waals surface area (Å²) in [5, 5.41) is 5.91. The van der Waals surface area contributed by atoms with Crippen LogP contribution >= 0.6 is 0 Å². The molecule has 2 unspecified atom stereocenters. The number of ether oxygens (including phenoxy) is 3. The number of Topliss-reactive ketones (excluding diaryl/α,β-unsaturated/α-hetero) is 1. The van der Waals surface area contributed by atoms with Crippen LogP contribution in [-0.2, 0) is 36.1 Å². The number of nitrogens with two attached hydrogens (primary N) is 1. The summed E-state index contributed by atoms with van der Waals surface area (Å²) < 4.78 is 23.2. The standard InChI is InChI=1S/C33H41N11O7/c1-6-35-30(46)21-11-12-23(51-21)44-17-37-24-26(34)38-32(40-28(24)44)36-13-14-50-20-10-9-18(16-22(20)49-5)15-19(45)27-39-29-25(41(27)4)31(47)43(8-3)33(48)42(29)7-2/h9-10,16-17,21,23H,6-8,11-15H2,1-5H3,(H,35,46)(H3,34,36,38,40). The van der Waals surface area contributed by atoms with Crippen LogP contribution in [0.3, 0.4) is 0 Å². The molecule has 270 valence electrons. The van der Waals surface area contributed by atoms with Crippen molar-refractivity contribution in [3.05, 3.63) is 56.8 Å². The molecule has 0 spiro atoms. The number of carbonyl (C=O) groups excluding carboxylic acids is 2. The predicted octanol–water partition coefficient (Wildman–Crippen LogP) is 1.40. The zero-order chi connectivity index (χ0) is 36.4. The fourth-order valence-electron chi connectivity index (χ4n) is 6.24. The average Bonchev–Trinajstić information content (AvgIpc) is 3.85. The summed E-state index contributed by atoms with van der Waals surface area (Å²) in [6.45, 7) is 6.92. The molecule has 4 N–H and O–H groups in total. The van der Waals surface area contributed by atoms with Gasteiger partial charge in [-0.2, -0.15) is 9.97 Å². The van der Waals surface area contributed by atoms with Crippen LogP contribution in [0.1, 0.15) is 56.0 Å². The number of nitrogens with one attached hydrogen (secondary N) is 2. The second-order valence-corrected chi connectivity index (χ2v) is 11.9. The van der Waals surface area contributed by atoms with Gasteiger partial charge < -0.3 is 35.1 Å². The Bertz CT molecular complexity index is 2240. The van der Waals surface area contributed by atoms with E-state index in [-0.39, 0.29) is 60.0 Å². The fourth-order valence-corrected chi connectivity index (χ4v) is 6.24. The lowest BCUT2D eigenvalue weighted by molar-refractivity contribution is -0.133.